The lowest BCUT2D eigenvalue weighted by molar-refractivity contribution is -0.111. The Labute approximate surface area is 127 Å². The topological polar surface area (TPSA) is 68.0 Å². The molecule has 0 aliphatic heterocycles. The van der Waals surface area contributed by atoms with Gasteiger partial charge in [-0.15, -0.1) is 10.2 Å². The highest BCUT2D eigenvalue weighted by Gasteiger charge is 2.05. The molecule has 1 aromatic heterocycles. The van der Waals surface area contributed by atoms with Crippen LogP contribution < -0.4 is 5.32 Å². The molecule has 0 saturated carbocycles. The first-order valence-electron chi connectivity index (χ1n) is 6.72. The highest BCUT2D eigenvalue weighted by Crippen LogP contribution is 2.20. The predicted octanol–water partition coefficient (Wildman–Crippen LogP) is 3.39. The Morgan fingerprint density at radius 1 is 1.09 bits per heavy atom. The highest BCUT2D eigenvalue weighted by molar-refractivity contribution is 6.02. The number of nitrogens with zero attached hydrogens (tertiary/aromatic N) is 2. The van der Waals surface area contributed by atoms with E-state index >= 15 is 0 Å². The number of rotatable bonds is 4. The van der Waals surface area contributed by atoms with Gasteiger partial charge in [0.1, 0.15) is 0 Å². The third-order valence-electron chi connectivity index (χ3n) is 2.96. The maximum absolute atomic E-state index is 11.9. The van der Waals surface area contributed by atoms with Gasteiger partial charge in [-0.25, -0.2) is 0 Å². The number of aromatic nitrogens is 2. The zero-order chi connectivity index (χ0) is 15.2. The summed E-state index contributed by atoms with van der Waals surface area (Å²) in [5, 5.41) is 10.3. The molecule has 0 atom stereocenters. The maximum atomic E-state index is 11.9. The van der Waals surface area contributed by atoms with Crippen molar-refractivity contribution in [2.24, 2.45) is 0 Å². The van der Waals surface area contributed by atoms with Gasteiger partial charge in [0.05, 0.1) is 0 Å². The lowest BCUT2D eigenvalue weighted by Gasteiger charge is -2.03. The van der Waals surface area contributed by atoms with E-state index in [-0.39, 0.29) is 5.91 Å². The van der Waals surface area contributed by atoms with E-state index in [9.17, 15) is 4.79 Å². The Kier molecular flexibility index (Phi) is 4.06. The van der Waals surface area contributed by atoms with Gasteiger partial charge in [0.2, 0.25) is 18.2 Å². The molecule has 0 fully saturated rings. The molecular weight excluding hydrogens is 278 g/mol. The van der Waals surface area contributed by atoms with Crippen molar-refractivity contribution >= 4 is 17.7 Å². The van der Waals surface area contributed by atoms with Crippen LogP contribution in [0.1, 0.15) is 5.56 Å². The van der Waals surface area contributed by atoms with Gasteiger partial charge in [-0.05, 0) is 29.8 Å². The first kappa shape index (κ1) is 13.8. The van der Waals surface area contributed by atoms with Crippen molar-refractivity contribution in [3.05, 3.63) is 72.6 Å². The van der Waals surface area contributed by atoms with E-state index in [0.29, 0.717) is 11.6 Å². The Bertz CT molecular complexity index is 781. The van der Waals surface area contributed by atoms with Crippen LogP contribution in [0.5, 0.6) is 0 Å². The molecule has 3 rings (SSSR count). The standard InChI is InChI=1S/C17H13N3O2/c21-16(10-9-13-5-2-1-3-6-13)19-15-8-4-7-14(11-15)17-20-18-12-22-17/h1-12H,(H,19,21). The second-order valence-corrected chi connectivity index (χ2v) is 4.56. The van der Waals surface area contributed by atoms with E-state index in [1.54, 1.807) is 18.2 Å². The van der Waals surface area contributed by atoms with E-state index < -0.39 is 0 Å². The molecule has 5 nitrogen and oxygen atoms in total. The van der Waals surface area contributed by atoms with Crippen LogP contribution in [0.3, 0.4) is 0 Å². The summed E-state index contributed by atoms with van der Waals surface area (Å²) < 4.78 is 5.14. The molecule has 0 aliphatic rings. The van der Waals surface area contributed by atoms with Gasteiger partial charge < -0.3 is 9.73 Å². The van der Waals surface area contributed by atoms with E-state index in [1.165, 1.54) is 12.5 Å². The molecule has 2 aromatic carbocycles. The number of hydrogen-bond acceptors (Lipinski definition) is 4. The summed E-state index contributed by atoms with van der Waals surface area (Å²) in [4.78, 5) is 11.9. The number of anilines is 1. The fourth-order valence-corrected chi connectivity index (χ4v) is 1.95. The Hall–Kier alpha value is -3.21. The summed E-state index contributed by atoms with van der Waals surface area (Å²) in [6, 6.07) is 16.9. The minimum atomic E-state index is -0.202. The van der Waals surface area contributed by atoms with Crippen molar-refractivity contribution in [2.75, 3.05) is 5.32 Å². The fraction of sp³-hybridized carbons (Fsp3) is 0. The summed E-state index contributed by atoms with van der Waals surface area (Å²) in [7, 11) is 0. The second-order valence-electron chi connectivity index (χ2n) is 4.56. The summed E-state index contributed by atoms with van der Waals surface area (Å²) in [6.07, 6.45) is 4.52. The number of amides is 1. The largest absolute Gasteiger partial charge is 0.423 e. The molecule has 0 unspecified atom stereocenters. The predicted molar refractivity (Wildman–Crippen MR) is 83.8 cm³/mol. The second kappa shape index (κ2) is 6.49. The first-order valence-corrected chi connectivity index (χ1v) is 6.72. The van der Waals surface area contributed by atoms with Crippen molar-refractivity contribution in [1.29, 1.82) is 0 Å². The van der Waals surface area contributed by atoms with Crippen LogP contribution >= 0.6 is 0 Å². The summed E-state index contributed by atoms with van der Waals surface area (Å²) in [6.45, 7) is 0. The molecule has 0 bridgehead atoms. The van der Waals surface area contributed by atoms with Crippen molar-refractivity contribution in [2.45, 2.75) is 0 Å². The van der Waals surface area contributed by atoms with Gasteiger partial charge in [0.25, 0.3) is 0 Å². The quantitative estimate of drug-likeness (QED) is 0.748. The van der Waals surface area contributed by atoms with Crippen molar-refractivity contribution in [3.8, 4) is 11.5 Å². The normalized spacial score (nSPS) is 10.7. The molecule has 1 amide bonds. The molecular formula is C17H13N3O2. The molecule has 0 aliphatic carbocycles. The van der Waals surface area contributed by atoms with Crippen LogP contribution in [0.4, 0.5) is 5.69 Å². The maximum Gasteiger partial charge on any atom is 0.248 e. The van der Waals surface area contributed by atoms with E-state index in [1.807, 2.05) is 42.5 Å². The fourth-order valence-electron chi connectivity index (χ4n) is 1.95. The minimum Gasteiger partial charge on any atom is -0.423 e. The molecule has 5 heteroatoms. The first-order chi connectivity index (χ1) is 10.8. The number of carbonyl (C=O) groups excluding carboxylic acids is 1. The molecule has 108 valence electrons. The molecule has 3 aromatic rings. The SMILES string of the molecule is O=C(C=Cc1ccccc1)Nc1cccc(-c2nnco2)c1. The van der Waals surface area contributed by atoms with Gasteiger partial charge >= 0.3 is 0 Å². The molecule has 0 spiro atoms. The average Bonchev–Trinajstić information content (AvgIpc) is 3.09. The molecule has 1 heterocycles. The zero-order valence-corrected chi connectivity index (χ0v) is 11.6. The van der Waals surface area contributed by atoms with E-state index in [0.717, 1.165) is 11.1 Å². The number of benzene rings is 2. The highest BCUT2D eigenvalue weighted by atomic mass is 16.4. The number of carbonyl (C=O) groups is 1. The average molecular weight is 291 g/mol. The number of hydrogen-bond donors (Lipinski definition) is 1. The van der Waals surface area contributed by atoms with Crippen LogP contribution in [0.2, 0.25) is 0 Å². The van der Waals surface area contributed by atoms with Crippen molar-refractivity contribution in [3.63, 3.8) is 0 Å². The molecule has 0 saturated heterocycles. The molecule has 1 N–H and O–H groups in total. The van der Waals surface area contributed by atoms with Gasteiger partial charge in [0, 0.05) is 17.3 Å². The number of nitrogens with one attached hydrogen (secondary N) is 1. The van der Waals surface area contributed by atoms with Crippen LogP contribution in [0.25, 0.3) is 17.5 Å². The van der Waals surface area contributed by atoms with Crippen molar-refractivity contribution in [1.82, 2.24) is 10.2 Å². The summed E-state index contributed by atoms with van der Waals surface area (Å²) in [5.74, 6) is 0.211. The van der Waals surface area contributed by atoms with Gasteiger partial charge in [-0.3, -0.25) is 4.79 Å². The third kappa shape index (κ3) is 3.46. The Morgan fingerprint density at radius 2 is 1.95 bits per heavy atom. The Balaban J connectivity index is 1.69. The van der Waals surface area contributed by atoms with Crippen molar-refractivity contribution < 1.29 is 9.21 Å². The monoisotopic (exact) mass is 291 g/mol. The smallest absolute Gasteiger partial charge is 0.248 e. The van der Waals surface area contributed by atoms with Gasteiger partial charge in [0.15, 0.2) is 0 Å². The zero-order valence-electron chi connectivity index (χ0n) is 11.6. The van der Waals surface area contributed by atoms with Crippen LogP contribution in [0, 0.1) is 0 Å². The molecule has 0 radical (unpaired) electrons. The lowest BCUT2D eigenvalue weighted by atomic mass is 10.2. The third-order valence-corrected chi connectivity index (χ3v) is 2.96. The minimum absolute atomic E-state index is 0.202. The van der Waals surface area contributed by atoms with Crippen LogP contribution in [-0.4, -0.2) is 16.1 Å². The Morgan fingerprint density at radius 3 is 2.73 bits per heavy atom. The lowest BCUT2D eigenvalue weighted by Crippen LogP contribution is -2.07. The van der Waals surface area contributed by atoms with Crippen LogP contribution in [0.15, 0.2) is 71.5 Å². The van der Waals surface area contributed by atoms with E-state index in [4.69, 9.17) is 4.42 Å². The van der Waals surface area contributed by atoms with Crippen LogP contribution in [-0.2, 0) is 4.79 Å². The summed E-state index contributed by atoms with van der Waals surface area (Å²) in [5.41, 5.74) is 2.39. The summed E-state index contributed by atoms with van der Waals surface area (Å²) >= 11 is 0. The van der Waals surface area contributed by atoms with Gasteiger partial charge in [-0.1, -0.05) is 36.4 Å². The molecule has 22 heavy (non-hydrogen) atoms. The van der Waals surface area contributed by atoms with Gasteiger partial charge in [-0.2, -0.15) is 0 Å². The van der Waals surface area contributed by atoms with E-state index in [2.05, 4.69) is 15.5 Å².